The molecule has 0 bridgehead atoms. The van der Waals surface area contributed by atoms with E-state index in [4.69, 9.17) is 0 Å². The molecular formula is C20H21N3OS. The Kier molecular flexibility index (Phi) is 5.66. The molecule has 0 saturated heterocycles. The zero-order chi connectivity index (χ0) is 17.6. The minimum absolute atomic E-state index is 0.0633. The van der Waals surface area contributed by atoms with Crippen molar-refractivity contribution in [2.75, 3.05) is 12.3 Å². The fraction of sp³-hybridized carbons (Fsp3) is 0.250. The van der Waals surface area contributed by atoms with Crippen LogP contribution in [-0.2, 0) is 0 Å². The van der Waals surface area contributed by atoms with Crippen molar-refractivity contribution >= 4 is 28.7 Å². The zero-order valence-corrected chi connectivity index (χ0v) is 15.3. The van der Waals surface area contributed by atoms with Crippen LogP contribution in [0.25, 0.3) is 11.0 Å². The van der Waals surface area contributed by atoms with Gasteiger partial charge in [0, 0.05) is 17.0 Å². The largest absolute Gasteiger partial charge is 0.352 e. The van der Waals surface area contributed by atoms with E-state index < -0.39 is 0 Å². The monoisotopic (exact) mass is 351 g/mol. The van der Waals surface area contributed by atoms with Crippen molar-refractivity contribution < 1.29 is 4.79 Å². The van der Waals surface area contributed by atoms with E-state index in [0.29, 0.717) is 12.1 Å². The first kappa shape index (κ1) is 17.4. The third kappa shape index (κ3) is 4.57. The lowest BCUT2D eigenvalue weighted by Crippen LogP contribution is -2.24. The number of thioether (sulfide) groups is 1. The molecular weight excluding hydrogens is 330 g/mol. The number of rotatable bonds is 6. The summed E-state index contributed by atoms with van der Waals surface area (Å²) in [6.07, 6.45) is 0.928. The molecule has 1 amide bonds. The van der Waals surface area contributed by atoms with Crippen LogP contribution in [0.15, 0.2) is 53.4 Å². The molecule has 2 aromatic carbocycles. The maximum Gasteiger partial charge on any atom is 0.251 e. The van der Waals surface area contributed by atoms with Gasteiger partial charge in [0.25, 0.3) is 5.91 Å². The molecule has 0 fully saturated rings. The highest BCUT2D eigenvalue weighted by molar-refractivity contribution is 7.99. The van der Waals surface area contributed by atoms with E-state index in [1.54, 1.807) is 17.8 Å². The first-order valence-corrected chi connectivity index (χ1v) is 9.33. The summed E-state index contributed by atoms with van der Waals surface area (Å²) in [4.78, 5) is 22.6. The lowest BCUT2D eigenvalue weighted by Gasteiger charge is -2.07. The number of hydrogen-bond acceptors (Lipinski definition) is 4. The van der Waals surface area contributed by atoms with Crippen LogP contribution in [0.4, 0.5) is 0 Å². The number of nitrogens with one attached hydrogen (secondary N) is 1. The molecule has 0 saturated carbocycles. The molecule has 25 heavy (non-hydrogen) atoms. The Hall–Kier alpha value is -2.40. The van der Waals surface area contributed by atoms with E-state index in [-0.39, 0.29) is 5.91 Å². The number of benzene rings is 2. The van der Waals surface area contributed by atoms with Gasteiger partial charge in [-0.1, -0.05) is 18.2 Å². The highest BCUT2D eigenvalue weighted by atomic mass is 32.2. The van der Waals surface area contributed by atoms with Gasteiger partial charge in [0.1, 0.15) is 0 Å². The SMILES string of the molecule is Cc1nc2ccc(C(=O)NCCCSc3ccccc3)cc2nc1C. The smallest absolute Gasteiger partial charge is 0.251 e. The average molecular weight is 351 g/mol. The number of fused-ring (bicyclic) bond motifs is 1. The van der Waals surface area contributed by atoms with Gasteiger partial charge in [0.15, 0.2) is 0 Å². The van der Waals surface area contributed by atoms with E-state index in [2.05, 4.69) is 27.4 Å². The van der Waals surface area contributed by atoms with Crippen LogP contribution in [0, 0.1) is 13.8 Å². The van der Waals surface area contributed by atoms with Crippen LogP contribution < -0.4 is 5.32 Å². The molecule has 4 nitrogen and oxygen atoms in total. The molecule has 1 N–H and O–H groups in total. The van der Waals surface area contributed by atoms with E-state index in [1.807, 2.05) is 44.2 Å². The topological polar surface area (TPSA) is 54.9 Å². The van der Waals surface area contributed by atoms with Crippen molar-refractivity contribution in [3.63, 3.8) is 0 Å². The van der Waals surface area contributed by atoms with E-state index in [0.717, 1.165) is 34.6 Å². The number of carbonyl (C=O) groups is 1. The zero-order valence-electron chi connectivity index (χ0n) is 14.5. The van der Waals surface area contributed by atoms with Crippen LogP contribution in [0.1, 0.15) is 28.2 Å². The Morgan fingerprint density at radius 3 is 2.48 bits per heavy atom. The van der Waals surface area contributed by atoms with Crippen molar-refractivity contribution in [1.29, 1.82) is 0 Å². The van der Waals surface area contributed by atoms with Gasteiger partial charge >= 0.3 is 0 Å². The maximum atomic E-state index is 12.3. The Morgan fingerprint density at radius 1 is 1.00 bits per heavy atom. The maximum absolute atomic E-state index is 12.3. The van der Waals surface area contributed by atoms with Gasteiger partial charge in [0.2, 0.25) is 0 Å². The summed E-state index contributed by atoms with van der Waals surface area (Å²) in [5, 5.41) is 2.98. The predicted molar refractivity (Wildman–Crippen MR) is 103 cm³/mol. The van der Waals surface area contributed by atoms with Crippen molar-refractivity contribution in [3.05, 3.63) is 65.5 Å². The summed E-state index contributed by atoms with van der Waals surface area (Å²) in [7, 11) is 0. The Morgan fingerprint density at radius 2 is 1.72 bits per heavy atom. The summed E-state index contributed by atoms with van der Waals surface area (Å²) < 4.78 is 0. The minimum atomic E-state index is -0.0633. The van der Waals surface area contributed by atoms with Gasteiger partial charge in [-0.05, 0) is 56.4 Å². The van der Waals surface area contributed by atoms with Crippen LogP contribution >= 0.6 is 11.8 Å². The van der Waals surface area contributed by atoms with Gasteiger partial charge in [-0.3, -0.25) is 4.79 Å². The Bertz CT molecular complexity index is 881. The van der Waals surface area contributed by atoms with Gasteiger partial charge in [-0.2, -0.15) is 0 Å². The standard InChI is InChI=1S/C20H21N3OS/c1-14-15(2)23-19-13-16(9-10-18(19)22-14)20(24)21-11-6-12-25-17-7-4-3-5-8-17/h3-5,7-10,13H,6,11-12H2,1-2H3,(H,21,24). The van der Waals surface area contributed by atoms with E-state index >= 15 is 0 Å². The molecule has 3 aromatic rings. The quantitative estimate of drug-likeness (QED) is 0.535. The van der Waals surface area contributed by atoms with E-state index in [9.17, 15) is 4.79 Å². The average Bonchev–Trinajstić information content (AvgIpc) is 2.63. The van der Waals surface area contributed by atoms with Crippen LogP contribution in [0.3, 0.4) is 0 Å². The molecule has 0 aliphatic carbocycles. The molecule has 0 aliphatic heterocycles. The van der Waals surface area contributed by atoms with Crippen LogP contribution in [0.5, 0.6) is 0 Å². The molecule has 0 atom stereocenters. The Labute approximate surface area is 152 Å². The molecule has 0 radical (unpaired) electrons. The van der Waals surface area contributed by atoms with Crippen molar-refractivity contribution in [1.82, 2.24) is 15.3 Å². The van der Waals surface area contributed by atoms with Gasteiger partial charge in [0.05, 0.1) is 22.4 Å². The van der Waals surface area contributed by atoms with Crippen molar-refractivity contribution in [2.45, 2.75) is 25.2 Å². The second-order valence-corrected chi connectivity index (χ2v) is 7.04. The molecule has 1 aromatic heterocycles. The minimum Gasteiger partial charge on any atom is -0.352 e. The van der Waals surface area contributed by atoms with Crippen molar-refractivity contribution in [3.8, 4) is 0 Å². The van der Waals surface area contributed by atoms with Crippen LogP contribution in [0.2, 0.25) is 0 Å². The van der Waals surface area contributed by atoms with Gasteiger partial charge in [-0.15, -0.1) is 11.8 Å². The Balaban J connectivity index is 1.52. The molecule has 3 rings (SSSR count). The first-order chi connectivity index (χ1) is 12.1. The van der Waals surface area contributed by atoms with Gasteiger partial charge in [-0.25, -0.2) is 9.97 Å². The summed E-state index contributed by atoms with van der Waals surface area (Å²) in [5.41, 5.74) is 4.01. The number of aromatic nitrogens is 2. The summed E-state index contributed by atoms with van der Waals surface area (Å²) >= 11 is 1.80. The lowest BCUT2D eigenvalue weighted by molar-refractivity contribution is 0.0954. The fourth-order valence-electron chi connectivity index (χ4n) is 2.45. The normalized spacial score (nSPS) is 10.8. The summed E-state index contributed by atoms with van der Waals surface area (Å²) in [6, 6.07) is 15.8. The van der Waals surface area contributed by atoms with E-state index in [1.165, 1.54) is 4.90 Å². The number of carbonyl (C=O) groups excluding carboxylic acids is 1. The third-order valence-electron chi connectivity index (χ3n) is 3.96. The highest BCUT2D eigenvalue weighted by Crippen LogP contribution is 2.17. The second-order valence-electron chi connectivity index (χ2n) is 5.87. The van der Waals surface area contributed by atoms with Gasteiger partial charge < -0.3 is 5.32 Å². The molecule has 0 aliphatic rings. The molecule has 0 spiro atoms. The fourth-order valence-corrected chi connectivity index (χ4v) is 3.33. The number of aryl methyl sites for hydroxylation is 2. The molecule has 0 unspecified atom stereocenters. The lowest BCUT2D eigenvalue weighted by atomic mass is 10.1. The second kappa shape index (κ2) is 8.12. The number of hydrogen-bond donors (Lipinski definition) is 1. The summed E-state index contributed by atoms with van der Waals surface area (Å²) in [5.74, 6) is 0.915. The van der Waals surface area contributed by atoms with Crippen LogP contribution in [-0.4, -0.2) is 28.2 Å². The molecule has 128 valence electrons. The number of nitrogens with zero attached hydrogens (tertiary/aromatic N) is 2. The highest BCUT2D eigenvalue weighted by Gasteiger charge is 2.08. The summed E-state index contributed by atoms with van der Waals surface area (Å²) in [6.45, 7) is 4.53. The molecule has 5 heteroatoms. The molecule has 1 heterocycles. The number of amides is 1. The first-order valence-electron chi connectivity index (χ1n) is 8.34. The predicted octanol–water partition coefficient (Wildman–Crippen LogP) is 4.16. The van der Waals surface area contributed by atoms with Crippen molar-refractivity contribution in [2.24, 2.45) is 0 Å². The third-order valence-corrected chi connectivity index (χ3v) is 5.05.